The Bertz CT molecular complexity index is 1040. The van der Waals surface area contributed by atoms with E-state index in [9.17, 15) is 13.2 Å². The van der Waals surface area contributed by atoms with E-state index in [1.807, 2.05) is 36.1 Å². The number of carbonyl (C=O) groups is 1. The van der Waals surface area contributed by atoms with Crippen molar-refractivity contribution in [3.05, 3.63) is 58.7 Å². The van der Waals surface area contributed by atoms with Crippen LogP contribution >= 0.6 is 0 Å². The van der Waals surface area contributed by atoms with Gasteiger partial charge in [0.25, 0.3) is 0 Å². The van der Waals surface area contributed by atoms with E-state index in [-0.39, 0.29) is 18.9 Å². The number of nitrogens with one attached hydrogen (secondary N) is 1. The zero-order valence-corrected chi connectivity index (χ0v) is 20.9. The first-order valence-electron chi connectivity index (χ1n) is 11.4. The number of rotatable bonds is 9. The number of carbonyl (C=O) groups excluding carboxylic acids is 1. The molecule has 1 aliphatic heterocycles. The molecule has 0 saturated carbocycles. The van der Waals surface area contributed by atoms with Crippen LogP contribution in [-0.2, 0) is 21.2 Å². The molecule has 1 amide bonds. The Balaban J connectivity index is 1.42. The van der Waals surface area contributed by atoms with Gasteiger partial charge in [-0.25, -0.2) is 13.1 Å². The molecule has 0 radical (unpaired) electrons. The summed E-state index contributed by atoms with van der Waals surface area (Å²) in [5, 5.41) is 0. The van der Waals surface area contributed by atoms with Crippen molar-refractivity contribution in [1.82, 2.24) is 14.5 Å². The minimum Gasteiger partial charge on any atom is -0.497 e. The van der Waals surface area contributed by atoms with Gasteiger partial charge in [0, 0.05) is 45.7 Å². The van der Waals surface area contributed by atoms with E-state index in [1.54, 1.807) is 21.0 Å². The Morgan fingerprint density at radius 1 is 1.00 bits per heavy atom. The number of amides is 1. The lowest BCUT2D eigenvalue weighted by Gasteiger charge is -2.34. The summed E-state index contributed by atoms with van der Waals surface area (Å²) in [6.07, 6.45) is 1.12. The zero-order chi connectivity index (χ0) is 24.0. The van der Waals surface area contributed by atoms with Crippen molar-refractivity contribution in [2.45, 2.75) is 38.5 Å². The van der Waals surface area contributed by atoms with Crippen LogP contribution in [0.4, 0.5) is 0 Å². The predicted octanol–water partition coefficient (Wildman–Crippen LogP) is 2.68. The molecule has 0 spiro atoms. The average Bonchev–Trinajstić information content (AvgIpc) is 2.77. The van der Waals surface area contributed by atoms with E-state index in [1.165, 1.54) is 5.56 Å². The van der Waals surface area contributed by atoms with Gasteiger partial charge in [0.15, 0.2) is 0 Å². The van der Waals surface area contributed by atoms with E-state index >= 15 is 0 Å². The van der Waals surface area contributed by atoms with Gasteiger partial charge in [-0.15, -0.1) is 0 Å². The molecule has 0 unspecified atom stereocenters. The summed E-state index contributed by atoms with van der Waals surface area (Å²) in [4.78, 5) is 17.1. The van der Waals surface area contributed by atoms with Crippen LogP contribution in [0.2, 0.25) is 0 Å². The summed E-state index contributed by atoms with van der Waals surface area (Å²) in [5.74, 6) is 0.849. The summed E-state index contributed by atoms with van der Waals surface area (Å²) in [6, 6.07) is 11.8. The summed E-state index contributed by atoms with van der Waals surface area (Å²) < 4.78 is 33.3. The molecule has 33 heavy (non-hydrogen) atoms. The molecule has 1 aliphatic rings. The topological polar surface area (TPSA) is 79.0 Å². The lowest BCUT2D eigenvalue weighted by atomic mass is 10.1. The number of hydrogen-bond acceptors (Lipinski definition) is 5. The van der Waals surface area contributed by atoms with E-state index < -0.39 is 10.0 Å². The molecule has 1 N–H and O–H groups in total. The third kappa shape index (κ3) is 6.79. The molecule has 2 aromatic carbocycles. The monoisotopic (exact) mass is 473 g/mol. The minimum atomic E-state index is -3.65. The molecule has 3 rings (SSSR count). The summed E-state index contributed by atoms with van der Waals surface area (Å²) in [5.41, 5.74) is 3.73. The highest BCUT2D eigenvalue weighted by atomic mass is 32.2. The van der Waals surface area contributed by atoms with Crippen molar-refractivity contribution in [3.8, 4) is 5.75 Å². The Labute approximate surface area is 197 Å². The third-order valence-corrected chi connectivity index (χ3v) is 7.87. The highest BCUT2D eigenvalue weighted by molar-refractivity contribution is 7.89. The van der Waals surface area contributed by atoms with E-state index in [0.29, 0.717) is 18.0 Å². The normalized spacial score (nSPS) is 15.0. The van der Waals surface area contributed by atoms with Crippen molar-refractivity contribution >= 4 is 15.9 Å². The maximum absolute atomic E-state index is 12.8. The number of nitrogens with zero attached hydrogens (tertiary/aromatic N) is 2. The Morgan fingerprint density at radius 2 is 1.61 bits per heavy atom. The quantitative estimate of drug-likeness (QED) is 0.606. The SMILES string of the molecule is COc1ccc(CCN2CCN(C(=O)CCNS(=O)(=O)c3c(C)cc(C)cc3C)CC2)cc1. The highest BCUT2D eigenvalue weighted by Gasteiger charge is 2.23. The zero-order valence-electron chi connectivity index (χ0n) is 20.1. The van der Waals surface area contributed by atoms with E-state index in [4.69, 9.17) is 4.74 Å². The van der Waals surface area contributed by atoms with Gasteiger partial charge in [-0.1, -0.05) is 29.8 Å². The molecule has 1 fully saturated rings. The van der Waals surface area contributed by atoms with Gasteiger partial charge in [0.05, 0.1) is 12.0 Å². The lowest BCUT2D eigenvalue weighted by Crippen LogP contribution is -2.49. The maximum Gasteiger partial charge on any atom is 0.241 e. The molecule has 2 aromatic rings. The first kappa shape index (κ1) is 25.2. The molecule has 180 valence electrons. The second-order valence-corrected chi connectivity index (χ2v) is 10.4. The van der Waals surface area contributed by atoms with Gasteiger partial charge in [-0.3, -0.25) is 9.69 Å². The fourth-order valence-corrected chi connectivity index (χ4v) is 5.89. The van der Waals surface area contributed by atoms with E-state index in [2.05, 4.69) is 21.8 Å². The molecule has 0 bridgehead atoms. The van der Waals surface area contributed by atoms with Crippen molar-refractivity contribution in [1.29, 1.82) is 0 Å². The molecular weight excluding hydrogens is 438 g/mol. The first-order valence-corrected chi connectivity index (χ1v) is 12.9. The third-order valence-electron chi connectivity index (χ3n) is 6.11. The van der Waals surface area contributed by atoms with Crippen LogP contribution in [0.1, 0.15) is 28.7 Å². The molecule has 1 heterocycles. The number of benzene rings is 2. The predicted molar refractivity (Wildman–Crippen MR) is 130 cm³/mol. The van der Waals surface area contributed by atoms with Crippen LogP contribution in [0.5, 0.6) is 5.75 Å². The summed E-state index contributed by atoms with van der Waals surface area (Å²) in [6.45, 7) is 9.59. The van der Waals surface area contributed by atoms with Crippen molar-refractivity contribution in [3.63, 3.8) is 0 Å². The molecule has 1 saturated heterocycles. The van der Waals surface area contributed by atoms with Gasteiger partial charge < -0.3 is 9.64 Å². The van der Waals surface area contributed by atoms with E-state index in [0.717, 1.165) is 48.5 Å². The van der Waals surface area contributed by atoms with Gasteiger partial charge in [0.2, 0.25) is 15.9 Å². The second kappa shape index (κ2) is 11.1. The fourth-order valence-electron chi connectivity index (χ4n) is 4.41. The number of aryl methyl sites for hydroxylation is 3. The van der Waals surface area contributed by atoms with Gasteiger partial charge in [0.1, 0.15) is 5.75 Å². The molecule has 7 nitrogen and oxygen atoms in total. The molecule has 8 heteroatoms. The number of ether oxygens (including phenoxy) is 1. The fraction of sp³-hybridized carbons (Fsp3) is 0.480. The van der Waals surface area contributed by atoms with Crippen molar-refractivity contribution < 1.29 is 17.9 Å². The molecule has 0 aromatic heterocycles. The number of sulfonamides is 1. The van der Waals surface area contributed by atoms with Crippen LogP contribution < -0.4 is 9.46 Å². The smallest absolute Gasteiger partial charge is 0.241 e. The van der Waals surface area contributed by atoms with Crippen LogP contribution in [0.25, 0.3) is 0 Å². The second-order valence-electron chi connectivity index (χ2n) is 8.70. The largest absolute Gasteiger partial charge is 0.497 e. The van der Waals surface area contributed by atoms with Crippen LogP contribution in [0, 0.1) is 20.8 Å². The Kier molecular flexibility index (Phi) is 8.51. The molecular formula is C25H35N3O4S. The standard InChI is InChI=1S/C25H35N3O4S/c1-19-17-20(2)25(21(3)18-19)33(30,31)26-11-9-24(29)28-15-13-27(14-16-28)12-10-22-5-7-23(32-4)8-6-22/h5-8,17-18,26H,9-16H2,1-4H3. The number of piperazine rings is 1. The van der Waals surface area contributed by atoms with Gasteiger partial charge in [-0.05, 0) is 56.0 Å². The highest BCUT2D eigenvalue weighted by Crippen LogP contribution is 2.21. The van der Waals surface area contributed by atoms with Crippen LogP contribution in [0.3, 0.4) is 0 Å². The molecule has 0 aliphatic carbocycles. The van der Waals surface area contributed by atoms with Crippen molar-refractivity contribution in [2.24, 2.45) is 0 Å². The summed E-state index contributed by atoms with van der Waals surface area (Å²) >= 11 is 0. The number of hydrogen-bond donors (Lipinski definition) is 1. The maximum atomic E-state index is 12.8. The first-order chi connectivity index (χ1) is 15.7. The van der Waals surface area contributed by atoms with Crippen LogP contribution in [-0.4, -0.2) is 70.5 Å². The van der Waals surface area contributed by atoms with Gasteiger partial charge in [-0.2, -0.15) is 0 Å². The Morgan fingerprint density at radius 3 is 2.18 bits per heavy atom. The average molecular weight is 474 g/mol. The van der Waals surface area contributed by atoms with Crippen molar-refractivity contribution in [2.75, 3.05) is 46.4 Å². The number of methoxy groups -OCH3 is 1. The molecule has 0 atom stereocenters. The summed E-state index contributed by atoms with van der Waals surface area (Å²) in [7, 11) is -1.99. The Hall–Kier alpha value is -2.42. The minimum absolute atomic E-state index is 0.00939. The van der Waals surface area contributed by atoms with Gasteiger partial charge >= 0.3 is 0 Å². The van der Waals surface area contributed by atoms with Crippen LogP contribution in [0.15, 0.2) is 41.3 Å². The lowest BCUT2D eigenvalue weighted by molar-refractivity contribution is -0.132.